The molecule has 0 N–H and O–H groups in total. The van der Waals surface area contributed by atoms with Gasteiger partial charge in [0.15, 0.2) is 11.0 Å². The second-order valence-electron chi connectivity index (χ2n) is 2.87. The number of nitrogens with zero attached hydrogens (tertiary/aromatic N) is 3. The van der Waals surface area contributed by atoms with E-state index in [1.54, 1.807) is 0 Å². The fraction of sp³-hybridized carbons (Fsp3) is 0.750. The summed E-state index contributed by atoms with van der Waals surface area (Å²) < 4.78 is 8.13. The molecule has 0 aliphatic carbocycles. The van der Waals surface area contributed by atoms with Crippen LogP contribution in [0, 0.1) is 0 Å². The van der Waals surface area contributed by atoms with E-state index in [0.29, 0.717) is 5.15 Å². The molecule has 1 heterocycles. The fourth-order valence-electron chi connectivity index (χ4n) is 1.23. The average Bonchev–Trinajstić information content (AvgIpc) is 2.51. The summed E-state index contributed by atoms with van der Waals surface area (Å²) in [4.78, 5) is 2.19. The van der Waals surface area contributed by atoms with E-state index in [1.807, 2.05) is 0 Å². The van der Waals surface area contributed by atoms with E-state index in [1.165, 1.54) is 11.7 Å². The van der Waals surface area contributed by atoms with Crippen molar-refractivity contribution in [2.45, 2.75) is 26.7 Å². The summed E-state index contributed by atoms with van der Waals surface area (Å²) in [6.07, 6.45) is 2.21. The molecule has 0 aliphatic rings. The van der Waals surface area contributed by atoms with E-state index in [4.69, 9.17) is 11.6 Å². The molecule has 0 aromatic carbocycles. The van der Waals surface area contributed by atoms with Crippen LogP contribution in [0.4, 0.5) is 5.82 Å². The summed E-state index contributed by atoms with van der Waals surface area (Å²) in [7, 11) is 0. The van der Waals surface area contributed by atoms with Crippen LogP contribution in [0.2, 0.25) is 5.15 Å². The van der Waals surface area contributed by atoms with E-state index in [-0.39, 0.29) is 0 Å². The van der Waals surface area contributed by atoms with E-state index in [2.05, 4.69) is 27.5 Å². The Labute approximate surface area is 88.0 Å². The lowest BCUT2D eigenvalue weighted by molar-refractivity contribution is 0.738. The minimum atomic E-state index is 0.534. The van der Waals surface area contributed by atoms with Crippen LogP contribution in [-0.4, -0.2) is 21.8 Å². The van der Waals surface area contributed by atoms with Crippen LogP contribution in [0.15, 0.2) is 0 Å². The molecule has 5 heteroatoms. The largest absolute Gasteiger partial charge is 0.353 e. The van der Waals surface area contributed by atoms with Gasteiger partial charge in [0.05, 0.1) is 11.7 Å². The number of aromatic nitrogens is 2. The molecule has 1 aromatic heterocycles. The SMILES string of the molecule is CCCN(CCC)c1nsnc1Cl. The first-order valence-corrected chi connectivity index (χ1v) is 5.63. The maximum absolute atomic E-state index is 5.90. The first-order valence-electron chi connectivity index (χ1n) is 4.52. The lowest BCUT2D eigenvalue weighted by atomic mass is 10.3. The Morgan fingerprint density at radius 3 is 2.23 bits per heavy atom. The van der Waals surface area contributed by atoms with Gasteiger partial charge in [-0.15, -0.1) is 0 Å². The van der Waals surface area contributed by atoms with Gasteiger partial charge >= 0.3 is 0 Å². The van der Waals surface area contributed by atoms with E-state index < -0.39 is 0 Å². The lowest BCUT2D eigenvalue weighted by Crippen LogP contribution is -2.25. The van der Waals surface area contributed by atoms with Gasteiger partial charge in [-0.2, -0.15) is 8.75 Å². The number of hydrogen-bond donors (Lipinski definition) is 0. The summed E-state index contributed by atoms with van der Waals surface area (Å²) in [6.45, 7) is 6.30. The predicted molar refractivity (Wildman–Crippen MR) is 57.7 cm³/mol. The Bertz CT molecular complexity index is 245. The standard InChI is InChI=1S/C8H14ClN3S/c1-3-5-12(6-4-2)8-7(9)10-13-11-8/h3-6H2,1-2H3. The van der Waals surface area contributed by atoms with E-state index >= 15 is 0 Å². The van der Waals surface area contributed by atoms with E-state index in [0.717, 1.165) is 31.7 Å². The maximum Gasteiger partial charge on any atom is 0.187 e. The van der Waals surface area contributed by atoms with Gasteiger partial charge in [-0.3, -0.25) is 0 Å². The monoisotopic (exact) mass is 219 g/mol. The predicted octanol–water partition coefficient (Wildman–Crippen LogP) is 2.82. The van der Waals surface area contributed by atoms with Crippen molar-refractivity contribution in [2.24, 2.45) is 0 Å². The van der Waals surface area contributed by atoms with Gasteiger partial charge in [0.2, 0.25) is 0 Å². The molecule has 0 aliphatic heterocycles. The smallest absolute Gasteiger partial charge is 0.187 e. The quantitative estimate of drug-likeness (QED) is 0.763. The van der Waals surface area contributed by atoms with Crippen LogP contribution in [0.25, 0.3) is 0 Å². The third kappa shape index (κ3) is 2.81. The van der Waals surface area contributed by atoms with Gasteiger partial charge in [-0.05, 0) is 12.8 Å². The van der Waals surface area contributed by atoms with Gasteiger partial charge in [-0.25, -0.2) is 0 Å². The normalized spacial score (nSPS) is 10.4. The highest BCUT2D eigenvalue weighted by atomic mass is 35.5. The Morgan fingerprint density at radius 1 is 1.23 bits per heavy atom. The molecule has 3 nitrogen and oxygen atoms in total. The molecule has 0 fully saturated rings. The Kier molecular flexibility index (Phi) is 4.45. The van der Waals surface area contributed by atoms with Crippen molar-refractivity contribution in [2.75, 3.05) is 18.0 Å². The van der Waals surface area contributed by atoms with Crippen molar-refractivity contribution in [3.05, 3.63) is 5.15 Å². The van der Waals surface area contributed by atoms with Crippen LogP contribution in [0.1, 0.15) is 26.7 Å². The molecule has 74 valence electrons. The Morgan fingerprint density at radius 2 is 1.85 bits per heavy atom. The molecule has 13 heavy (non-hydrogen) atoms. The molecule has 0 bridgehead atoms. The van der Waals surface area contributed by atoms with Crippen LogP contribution in [0.5, 0.6) is 0 Å². The lowest BCUT2D eigenvalue weighted by Gasteiger charge is -2.20. The third-order valence-electron chi connectivity index (χ3n) is 1.72. The molecule has 0 amide bonds. The fourth-order valence-corrected chi connectivity index (χ4v) is 2.00. The number of halogens is 1. The van der Waals surface area contributed by atoms with Crippen molar-refractivity contribution in [1.82, 2.24) is 8.75 Å². The van der Waals surface area contributed by atoms with Gasteiger partial charge in [0.1, 0.15) is 0 Å². The molecular formula is C8H14ClN3S. The van der Waals surface area contributed by atoms with Crippen molar-refractivity contribution in [3.63, 3.8) is 0 Å². The zero-order chi connectivity index (χ0) is 9.68. The van der Waals surface area contributed by atoms with Crippen molar-refractivity contribution in [3.8, 4) is 0 Å². The zero-order valence-electron chi connectivity index (χ0n) is 7.96. The first-order chi connectivity index (χ1) is 6.29. The minimum absolute atomic E-state index is 0.534. The average molecular weight is 220 g/mol. The summed E-state index contributed by atoms with van der Waals surface area (Å²) in [5.74, 6) is 0.843. The van der Waals surface area contributed by atoms with Crippen LogP contribution in [0.3, 0.4) is 0 Å². The molecule has 1 aromatic rings. The summed E-state index contributed by atoms with van der Waals surface area (Å²) in [5.41, 5.74) is 0. The topological polar surface area (TPSA) is 29.0 Å². The summed E-state index contributed by atoms with van der Waals surface area (Å²) >= 11 is 7.07. The van der Waals surface area contributed by atoms with E-state index in [9.17, 15) is 0 Å². The first kappa shape index (κ1) is 10.7. The third-order valence-corrected chi connectivity index (χ3v) is 2.59. The zero-order valence-corrected chi connectivity index (χ0v) is 9.53. The molecule has 1 rings (SSSR count). The van der Waals surface area contributed by atoms with Gasteiger partial charge in [0, 0.05) is 13.1 Å². The number of rotatable bonds is 5. The van der Waals surface area contributed by atoms with Crippen LogP contribution < -0.4 is 4.90 Å². The highest BCUT2D eigenvalue weighted by Gasteiger charge is 2.12. The summed E-state index contributed by atoms with van der Waals surface area (Å²) in [6, 6.07) is 0. The molecule has 0 unspecified atom stereocenters. The van der Waals surface area contributed by atoms with Crippen molar-refractivity contribution >= 4 is 29.1 Å². The molecular weight excluding hydrogens is 206 g/mol. The molecule has 0 radical (unpaired) electrons. The second-order valence-corrected chi connectivity index (χ2v) is 3.75. The van der Waals surface area contributed by atoms with Crippen LogP contribution in [-0.2, 0) is 0 Å². The highest BCUT2D eigenvalue weighted by Crippen LogP contribution is 2.22. The van der Waals surface area contributed by atoms with Gasteiger partial charge in [0.25, 0.3) is 0 Å². The molecule has 0 atom stereocenters. The van der Waals surface area contributed by atoms with Crippen LogP contribution >= 0.6 is 23.3 Å². The second kappa shape index (κ2) is 5.40. The highest BCUT2D eigenvalue weighted by molar-refractivity contribution is 6.99. The summed E-state index contributed by atoms with van der Waals surface area (Å²) in [5, 5.41) is 0.534. The van der Waals surface area contributed by atoms with Crippen molar-refractivity contribution < 1.29 is 0 Å². The molecule has 0 saturated carbocycles. The Balaban J connectivity index is 2.69. The molecule has 0 saturated heterocycles. The maximum atomic E-state index is 5.90. The number of anilines is 1. The molecule has 0 spiro atoms. The van der Waals surface area contributed by atoms with Crippen molar-refractivity contribution in [1.29, 1.82) is 0 Å². The van der Waals surface area contributed by atoms with Gasteiger partial charge in [-0.1, -0.05) is 25.4 Å². The number of hydrogen-bond acceptors (Lipinski definition) is 4. The Hall–Kier alpha value is -0.350. The van der Waals surface area contributed by atoms with Gasteiger partial charge < -0.3 is 4.90 Å². The minimum Gasteiger partial charge on any atom is -0.353 e.